The van der Waals surface area contributed by atoms with Gasteiger partial charge in [-0.15, -0.1) is 0 Å². The van der Waals surface area contributed by atoms with Gasteiger partial charge in [0.25, 0.3) is 0 Å². The molecule has 0 amide bonds. The molecule has 4 fully saturated rings. The van der Waals surface area contributed by atoms with Crippen molar-refractivity contribution in [1.82, 2.24) is 30.0 Å². The number of hydrogen-bond donors (Lipinski definition) is 2. The molecule has 0 bridgehead atoms. The first-order chi connectivity index (χ1) is 22.4. The number of ether oxygens (including phenoxy) is 3. The first-order valence-corrected chi connectivity index (χ1v) is 16.7. The molecule has 6 heterocycles. The van der Waals surface area contributed by atoms with Crippen molar-refractivity contribution in [2.45, 2.75) is 70.1 Å². The predicted octanol–water partition coefficient (Wildman–Crippen LogP) is 5.05. The number of H-pyrrole nitrogens is 1. The molecule has 2 N–H and O–H groups in total. The number of nitrogens with one attached hydrogen (secondary N) is 1. The van der Waals surface area contributed by atoms with Gasteiger partial charge in [0.2, 0.25) is 5.88 Å². The van der Waals surface area contributed by atoms with Crippen LogP contribution in [0.25, 0.3) is 33.1 Å². The van der Waals surface area contributed by atoms with Crippen molar-refractivity contribution >= 4 is 39.2 Å². The second-order valence-corrected chi connectivity index (χ2v) is 13.8. The minimum Gasteiger partial charge on any atom is -0.480 e. The van der Waals surface area contributed by atoms with Crippen molar-refractivity contribution in [3.63, 3.8) is 0 Å². The van der Waals surface area contributed by atoms with Crippen LogP contribution < -0.4 is 14.4 Å². The van der Waals surface area contributed by atoms with Crippen molar-refractivity contribution in [2.75, 3.05) is 51.5 Å². The minimum absolute atomic E-state index is 0.0128. The molecule has 4 aliphatic rings. The zero-order valence-corrected chi connectivity index (χ0v) is 26.9. The van der Waals surface area contributed by atoms with E-state index in [1.807, 2.05) is 17.9 Å². The van der Waals surface area contributed by atoms with Crippen LogP contribution in [0.1, 0.15) is 50.5 Å². The summed E-state index contributed by atoms with van der Waals surface area (Å²) < 4.78 is 34.8. The average molecular weight is 652 g/mol. The van der Waals surface area contributed by atoms with E-state index >= 15 is 4.39 Å². The summed E-state index contributed by atoms with van der Waals surface area (Å²) in [5, 5.41) is 19.1. The van der Waals surface area contributed by atoms with Crippen LogP contribution in [0.15, 0.2) is 12.3 Å². The first kappa shape index (κ1) is 30.0. The van der Waals surface area contributed by atoms with E-state index in [0.29, 0.717) is 70.9 Å². The molecule has 3 aromatic heterocycles. The lowest BCUT2D eigenvalue weighted by molar-refractivity contribution is -0.115. The molecule has 3 atom stereocenters. The largest absolute Gasteiger partial charge is 0.480 e. The van der Waals surface area contributed by atoms with Gasteiger partial charge in [-0.25, -0.2) is 9.37 Å². The number of hydrogen-bond acceptors (Lipinski definition) is 10. The number of aliphatic hydroxyl groups excluding tert-OH is 1. The number of fused-ring (bicyclic) bond motifs is 3. The Balaban J connectivity index is 1.25. The summed E-state index contributed by atoms with van der Waals surface area (Å²) in [5.41, 5.74) is 1.91. The van der Waals surface area contributed by atoms with Crippen molar-refractivity contribution in [3.05, 3.63) is 28.7 Å². The summed E-state index contributed by atoms with van der Waals surface area (Å²) in [7, 11) is 1.50. The molecular formula is C33H39ClFN7O4. The fourth-order valence-corrected chi connectivity index (χ4v) is 8.53. The molecule has 0 spiro atoms. The molecule has 11 nitrogen and oxygen atoms in total. The van der Waals surface area contributed by atoms with E-state index in [1.165, 1.54) is 7.11 Å². The second kappa shape index (κ2) is 11.7. The number of piperidine rings is 2. The van der Waals surface area contributed by atoms with Gasteiger partial charge in [0.15, 0.2) is 5.82 Å². The number of aryl methyl sites for hydroxylation is 1. The number of likely N-dealkylation sites (tertiary alicyclic amines) is 1. The van der Waals surface area contributed by atoms with Gasteiger partial charge in [-0.3, -0.25) is 10.00 Å². The number of nitrogens with zero attached hydrogens (tertiary/aromatic N) is 6. The van der Waals surface area contributed by atoms with E-state index in [4.69, 9.17) is 35.8 Å². The van der Waals surface area contributed by atoms with Gasteiger partial charge in [0.05, 0.1) is 55.8 Å². The van der Waals surface area contributed by atoms with E-state index in [9.17, 15) is 5.11 Å². The molecule has 0 radical (unpaired) electrons. The van der Waals surface area contributed by atoms with Crippen LogP contribution >= 0.6 is 11.6 Å². The number of methoxy groups -OCH3 is 1. The quantitative estimate of drug-likeness (QED) is 0.281. The molecule has 1 aromatic carbocycles. The summed E-state index contributed by atoms with van der Waals surface area (Å²) >= 11 is 6.82. The third-order valence-electron chi connectivity index (χ3n) is 10.6. The van der Waals surface area contributed by atoms with Crippen molar-refractivity contribution in [2.24, 2.45) is 5.41 Å². The van der Waals surface area contributed by atoms with E-state index in [1.54, 1.807) is 6.20 Å². The second-order valence-electron chi connectivity index (χ2n) is 13.4. The van der Waals surface area contributed by atoms with Crippen molar-refractivity contribution < 1.29 is 23.7 Å². The van der Waals surface area contributed by atoms with E-state index < -0.39 is 11.9 Å². The van der Waals surface area contributed by atoms with Gasteiger partial charge in [-0.1, -0.05) is 18.0 Å². The van der Waals surface area contributed by atoms with Crippen LogP contribution in [0, 0.1) is 18.2 Å². The lowest BCUT2D eigenvalue weighted by atomic mass is 9.75. The Labute approximate surface area is 271 Å². The van der Waals surface area contributed by atoms with Crippen molar-refractivity contribution in [1.29, 1.82) is 0 Å². The van der Waals surface area contributed by atoms with Gasteiger partial charge in [-0.2, -0.15) is 15.1 Å². The van der Waals surface area contributed by atoms with Crippen LogP contribution in [0.4, 0.5) is 10.2 Å². The Hall–Kier alpha value is -3.32. The number of aliphatic hydroxyl groups is 1. The van der Waals surface area contributed by atoms with E-state index in [-0.39, 0.29) is 28.5 Å². The minimum atomic E-state index is -0.650. The Morgan fingerprint density at radius 2 is 2.00 bits per heavy atom. The lowest BCUT2D eigenvalue weighted by Gasteiger charge is -2.51. The maximum atomic E-state index is 17.0. The molecule has 13 heteroatoms. The number of pyridine rings is 1. The zero-order chi connectivity index (χ0) is 31.6. The number of aromatic amines is 1. The molecule has 244 valence electrons. The molecule has 3 saturated heterocycles. The highest BCUT2D eigenvalue weighted by atomic mass is 35.5. The SMILES string of the molecule is COc1nc(-c2c(Cl)c(C)cc3[nH]ncc23)c(F)c2nc(OCC34CCCC3N(C3COC3)CCC4)nc(N3CCCC(O)C3)c12. The average Bonchev–Trinajstić information content (AvgIpc) is 3.68. The molecule has 8 rings (SSSR count). The number of rotatable bonds is 7. The third-order valence-corrected chi connectivity index (χ3v) is 11.1. The summed E-state index contributed by atoms with van der Waals surface area (Å²) in [4.78, 5) is 18.9. The summed E-state index contributed by atoms with van der Waals surface area (Å²) in [6.45, 7) is 5.96. The molecule has 3 aliphatic heterocycles. The monoisotopic (exact) mass is 651 g/mol. The van der Waals surface area contributed by atoms with Gasteiger partial charge in [-0.05, 0) is 63.6 Å². The van der Waals surface area contributed by atoms with Gasteiger partial charge in [0.1, 0.15) is 22.4 Å². The Bertz CT molecular complexity index is 1800. The highest BCUT2D eigenvalue weighted by Gasteiger charge is 2.51. The van der Waals surface area contributed by atoms with Crippen molar-refractivity contribution in [3.8, 4) is 23.1 Å². The first-order valence-electron chi connectivity index (χ1n) is 16.3. The smallest absolute Gasteiger partial charge is 0.319 e. The summed E-state index contributed by atoms with van der Waals surface area (Å²) in [6, 6.07) is 2.87. The molecule has 1 aliphatic carbocycles. The zero-order valence-electron chi connectivity index (χ0n) is 26.2. The Morgan fingerprint density at radius 1 is 1.15 bits per heavy atom. The number of anilines is 1. The van der Waals surface area contributed by atoms with Crippen LogP contribution in [0.2, 0.25) is 5.02 Å². The Kier molecular flexibility index (Phi) is 7.66. The molecule has 3 unspecified atom stereocenters. The third kappa shape index (κ3) is 4.87. The Morgan fingerprint density at radius 3 is 2.78 bits per heavy atom. The van der Waals surface area contributed by atoms with Crippen LogP contribution in [0.5, 0.6) is 11.9 Å². The number of β-amino-alcohol motifs (C(OH)–C–C–N with tert-alkyl or cyclic N) is 1. The highest BCUT2D eigenvalue weighted by Crippen LogP contribution is 2.49. The van der Waals surface area contributed by atoms with Crippen LogP contribution in [-0.4, -0.2) is 99.9 Å². The normalized spacial score (nSPS) is 25.6. The van der Waals surface area contributed by atoms with Gasteiger partial charge >= 0.3 is 6.01 Å². The molecular weight excluding hydrogens is 613 g/mol. The molecule has 46 heavy (non-hydrogen) atoms. The summed E-state index contributed by atoms with van der Waals surface area (Å²) in [6.07, 6.45) is 8.07. The summed E-state index contributed by atoms with van der Waals surface area (Å²) in [5.74, 6) is -0.0420. The maximum absolute atomic E-state index is 17.0. The fourth-order valence-electron chi connectivity index (χ4n) is 8.29. The van der Waals surface area contributed by atoms with Crippen LogP contribution in [0.3, 0.4) is 0 Å². The van der Waals surface area contributed by atoms with Crippen LogP contribution in [-0.2, 0) is 4.74 Å². The van der Waals surface area contributed by atoms with Gasteiger partial charge < -0.3 is 24.2 Å². The highest BCUT2D eigenvalue weighted by molar-refractivity contribution is 6.35. The lowest BCUT2D eigenvalue weighted by Crippen LogP contribution is -2.60. The fraction of sp³-hybridized carbons (Fsp3) is 0.576. The maximum Gasteiger partial charge on any atom is 0.319 e. The van der Waals surface area contributed by atoms with Gasteiger partial charge in [0, 0.05) is 35.5 Å². The van der Waals surface area contributed by atoms with E-state index in [0.717, 1.165) is 63.8 Å². The topological polar surface area (TPSA) is 122 Å². The molecule has 1 saturated carbocycles. The number of aromatic nitrogens is 5. The predicted molar refractivity (Wildman–Crippen MR) is 172 cm³/mol. The number of halogens is 2. The standard InChI is InChI=1S/C33H39ClFN7O4/c1-18-12-22-21(13-36-40-22)24(26(18)34)28-27(35)29-25(31(37-28)44-2)30(41-10-4-6-20(43)14-41)39-32(38-29)46-17-33-8-3-7-23(33)42(11-5-9-33)19-15-45-16-19/h12-13,19-20,23,43H,3-11,14-17H2,1-2H3,(H,36,40). The molecule has 4 aromatic rings. The van der Waals surface area contributed by atoms with E-state index in [2.05, 4.69) is 20.1 Å². The number of benzene rings is 1.